The van der Waals surface area contributed by atoms with E-state index in [4.69, 9.17) is 4.74 Å². The number of rotatable bonds is 2. The lowest BCUT2D eigenvalue weighted by Crippen LogP contribution is -2.47. The quantitative estimate of drug-likeness (QED) is 0.635. The predicted molar refractivity (Wildman–Crippen MR) is 104 cm³/mol. The monoisotopic (exact) mass is 404 g/mol. The second-order valence-corrected chi connectivity index (χ2v) is 8.46. The number of hydrogen-bond acceptors (Lipinski definition) is 3. The summed E-state index contributed by atoms with van der Waals surface area (Å²) < 4.78 is 6.46. The van der Waals surface area contributed by atoms with Crippen molar-refractivity contribution in [2.75, 3.05) is 6.54 Å². The van der Waals surface area contributed by atoms with E-state index in [-0.39, 0.29) is 12.1 Å². The first-order chi connectivity index (χ1) is 11.8. The van der Waals surface area contributed by atoms with Crippen LogP contribution in [0.1, 0.15) is 45.6 Å². The number of nitrogens with zero attached hydrogens (tertiary/aromatic N) is 2. The topological polar surface area (TPSA) is 42.4 Å². The van der Waals surface area contributed by atoms with Crippen molar-refractivity contribution in [3.8, 4) is 0 Å². The van der Waals surface area contributed by atoms with E-state index in [0.717, 1.165) is 47.7 Å². The number of halogens is 1. The smallest absolute Gasteiger partial charge is 0.410 e. The van der Waals surface area contributed by atoms with Gasteiger partial charge in [0.05, 0.1) is 5.52 Å². The average Bonchev–Trinajstić information content (AvgIpc) is 2.53. The molecule has 0 spiro atoms. The third-order valence-corrected chi connectivity index (χ3v) is 4.89. The Balaban J connectivity index is 1.86. The summed E-state index contributed by atoms with van der Waals surface area (Å²) in [7, 11) is 0. The molecule has 1 aromatic heterocycles. The fourth-order valence-electron chi connectivity index (χ4n) is 3.41. The molecule has 1 atom stereocenters. The summed E-state index contributed by atoms with van der Waals surface area (Å²) in [6, 6.07) is 10.4. The molecule has 5 heteroatoms. The summed E-state index contributed by atoms with van der Waals surface area (Å²) in [6.07, 6.45) is 3.81. The van der Waals surface area contributed by atoms with Crippen LogP contribution in [0.3, 0.4) is 0 Å². The molecule has 1 unspecified atom stereocenters. The van der Waals surface area contributed by atoms with E-state index in [0.29, 0.717) is 0 Å². The van der Waals surface area contributed by atoms with Crippen LogP contribution in [0.4, 0.5) is 4.79 Å². The lowest BCUT2D eigenvalue weighted by atomic mass is 9.94. The molecular weight excluding hydrogens is 380 g/mol. The maximum atomic E-state index is 12.6. The van der Waals surface area contributed by atoms with Crippen LogP contribution in [0.25, 0.3) is 10.9 Å². The third kappa shape index (κ3) is 4.51. The van der Waals surface area contributed by atoms with Crippen LogP contribution in [0.5, 0.6) is 0 Å². The van der Waals surface area contributed by atoms with Gasteiger partial charge in [-0.25, -0.2) is 9.78 Å². The molecule has 0 bridgehead atoms. The summed E-state index contributed by atoms with van der Waals surface area (Å²) >= 11 is 3.52. The molecule has 1 amide bonds. The van der Waals surface area contributed by atoms with Crippen molar-refractivity contribution in [1.82, 2.24) is 9.88 Å². The van der Waals surface area contributed by atoms with Gasteiger partial charge in [0.2, 0.25) is 0 Å². The first-order valence-corrected chi connectivity index (χ1v) is 9.66. The van der Waals surface area contributed by atoms with Crippen LogP contribution >= 0.6 is 15.9 Å². The van der Waals surface area contributed by atoms with E-state index in [9.17, 15) is 4.79 Å². The number of pyridine rings is 1. The van der Waals surface area contributed by atoms with Crippen molar-refractivity contribution < 1.29 is 9.53 Å². The van der Waals surface area contributed by atoms with Crippen LogP contribution < -0.4 is 0 Å². The molecule has 1 fully saturated rings. The molecule has 1 aromatic carbocycles. The Bertz CT molecular complexity index is 770. The largest absolute Gasteiger partial charge is 0.444 e. The average molecular weight is 405 g/mol. The van der Waals surface area contributed by atoms with E-state index in [1.807, 2.05) is 43.9 Å². The van der Waals surface area contributed by atoms with Gasteiger partial charge in [-0.05, 0) is 80.1 Å². The molecule has 1 saturated heterocycles. The van der Waals surface area contributed by atoms with Crippen molar-refractivity contribution in [1.29, 1.82) is 0 Å². The van der Waals surface area contributed by atoms with Crippen molar-refractivity contribution in [3.63, 3.8) is 0 Å². The fraction of sp³-hybridized carbons (Fsp3) is 0.500. The summed E-state index contributed by atoms with van der Waals surface area (Å²) in [5.41, 5.74) is 1.73. The maximum absolute atomic E-state index is 12.6. The first kappa shape index (κ1) is 18.2. The van der Waals surface area contributed by atoms with Gasteiger partial charge in [0.25, 0.3) is 0 Å². The van der Waals surface area contributed by atoms with Crippen LogP contribution in [-0.4, -0.2) is 34.2 Å². The van der Waals surface area contributed by atoms with Gasteiger partial charge in [0.15, 0.2) is 0 Å². The molecule has 0 N–H and O–H groups in total. The zero-order valence-corrected chi connectivity index (χ0v) is 16.7. The number of benzene rings is 1. The van der Waals surface area contributed by atoms with Gasteiger partial charge in [0.1, 0.15) is 10.2 Å². The van der Waals surface area contributed by atoms with Gasteiger partial charge in [0, 0.05) is 18.0 Å². The van der Waals surface area contributed by atoms with E-state index in [1.54, 1.807) is 0 Å². The molecule has 1 aliphatic rings. The van der Waals surface area contributed by atoms with Crippen LogP contribution in [0.2, 0.25) is 0 Å². The highest BCUT2D eigenvalue weighted by atomic mass is 79.9. The van der Waals surface area contributed by atoms with Gasteiger partial charge < -0.3 is 9.64 Å². The number of aromatic nitrogens is 1. The normalized spacial score (nSPS) is 18.4. The Kier molecular flexibility index (Phi) is 5.32. The molecule has 2 aromatic rings. The van der Waals surface area contributed by atoms with Crippen molar-refractivity contribution in [2.45, 2.75) is 58.1 Å². The zero-order valence-electron chi connectivity index (χ0n) is 15.1. The van der Waals surface area contributed by atoms with Crippen LogP contribution in [0.15, 0.2) is 34.9 Å². The standard InChI is InChI=1S/C20H25BrN2O2/c1-20(2,3)25-19(24)23-11-7-6-8-15(23)12-14-13-18(21)22-17-10-5-4-9-16(14)17/h4-5,9-10,13,15H,6-8,11-12H2,1-3H3. The molecule has 0 aliphatic carbocycles. The molecule has 134 valence electrons. The second kappa shape index (κ2) is 7.32. The minimum Gasteiger partial charge on any atom is -0.444 e. The van der Waals surface area contributed by atoms with E-state index in [2.05, 4.69) is 33.0 Å². The second-order valence-electron chi connectivity index (χ2n) is 7.65. The van der Waals surface area contributed by atoms with Crippen LogP contribution in [0, 0.1) is 0 Å². The highest BCUT2D eigenvalue weighted by Crippen LogP contribution is 2.27. The highest BCUT2D eigenvalue weighted by Gasteiger charge is 2.30. The molecule has 0 saturated carbocycles. The first-order valence-electron chi connectivity index (χ1n) is 8.87. The summed E-state index contributed by atoms with van der Waals surface area (Å²) in [4.78, 5) is 19.1. The van der Waals surface area contributed by atoms with Gasteiger partial charge in [-0.1, -0.05) is 18.2 Å². The van der Waals surface area contributed by atoms with Crippen LogP contribution in [-0.2, 0) is 11.2 Å². The molecule has 4 nitrogen and oxygen atoms in total. The van der Waals surface area contributed by atoms with E-state index in [1.165, 1.54) is 5.56 Å². The number of hydrogen-bond donors (Lipinski definition) is 0. The number of carbonyl (C=O) groups excluding carboxylic acids is 1. The summed E-state index contributed by atoms with van der Waals surface area (Å²) in [5.74, 6) is 0. The number of fused-ring (bicyclic) bond motifs is 1. The molecular formula is C20H25BrN2O2. The minimum atomic E-state index is -0.467. The molecule has 2 heterocycles. The fourth-order valence-corrected chi connectivity index (χ4v) is 3.88. The molecule has 1 aliphatic heterocycles. The van der Waals surface area contributed by atoms with Crippen molar-refractivity contribution in [3.05, 3.63) is 40.5 Å². The van der Waals surface area contributed by atoms with Gasteiger partial charge in [-0.15, -0.1) is 0 Å². The number of piperidine rings is 1. The third-order valence-electron chi connectivity index (χ3n) is 4.48. The number of likely N-dealkylation sites (tertiary alicyclic amines) is 1. The number of ether oxygens (including phenoxy) is 1. The summed E-state index contributed by atoms with van der Waals surface area (Å²) in [6.45, 7) is 6.51. The van der Waals surface area contributed by atoms with Crippen molar-refractivity contribution in [2.24, 2.45) is 0 Å². The highest BCUT2D eigenvalue weighted by molar-refractivity contribution is 9.10. The summed E-state index contributed by atoms with van der Waals surface area (Å²) in [5, 5.41) is 1.15. The SMILES string of the molecule is CC(C)(C)OC(=O)N1CCCCC1Cc1cc(Br)nc2ccccc12. The molecule has 25 heavy (non-hydrogen) atoms. The van der Waals surface area contributed by atoms with E-state index >= 15 is 0 Å². The Morgan fingerprint density at radius 2 is 2.08 bits per heavy atom. The maximum Gasteiger partial charge on any atom is 0.410 e. The van der Waals surface area contributed by atoms with Crippen molar-refractivity contribution >= 4 is 32.9 Å². The lowest BCUT2D eigenvalue weighted by Gasteiger charge is -2.37. The number of para-hydroxylation sites is 1. The Hall–Kier alpha value is -1.62. The minimum absolute atomic E-state index is 0.168. The zero-order chi connectivity index (χ0) is 18.0. The Labute approximate surface area is 157 Å². The molecule has 3 rings (SSSR count). The molecule has 0 radical (unpaired) electrons. The van der Waals surface area contributed by atoms with Gasteiger partial charge in [-0.3, -0.25) is 0 Å². The predicted octanol–water partition coefficient (Wildman–Crippen LogP) is 5.33. The lowest BCUT2D eigenvalue weighted by molar-refractivity contribution is 0.00998. The Morgan fingerprint density at radius 3 is 2.84 bits per heavy atom. The number of carbonyl (C=O) groups is 1. The van der Waals surface area contributed by atoms with E-state index < -0.39 is 5.60 Å². The Morgan fingerprint density at radius 1 is 1.32 bits per heavy atom. The number of amides is 1. The van der Waals surface area contributed by atoms with Gasteiger partial charge >= 0.3 is 6.09 Å². The van der Waals surface area contributed by atoms with Gasteiger partial charge in [-0.2, -0.15) is 0 Å².